The molecule has 5 heteroatoms. The molecule has 0 aliphatic carbocycles. The van der Waals surface area contributed by atoms with Crippen molar-refractivity contribution >= 4 is 0 Å². The van der Waals surface area contributed by atoms with E-state index in [9.17, 15) is 0 Å². The smallest absolute Gasteiger partial charge is 0.111 e. The molecular weight excluding hydrogens is 170 g/mol. The van der Waals surface area contributed by atoms with E-state index >= 15 is 0 Å². The molecule has 0 saturated heterocycles. The highest BCUT2D eigenvalue weighted by atomic mass is 16.5. The van der Waals surface area contributed by atoms with Gasteiger partial charge in [-0.1, -0.05) is 5.21 Å². The monoisotopic (exact) mass is 185 g/mol. The molecule has 1 N–H and O–H groups in total. The molecule has 0 amide bonds. The van der Waals surface area contributed by atoms with Crippen LogP contribution in [0.2, 0.25) is 0 Å². The molecule has 1 aromatic heterocycles. The minimum absolute atomic E-state index is 0.555. The van der Waals surface area contributed by atoms with Gasteiger partial charge in [0.25, 0.3) is 0 Å². The molecule has 0 radical (unpaired) electrons. The van der Waals surface area contributed by atoms with Gasteiger partial charge in [0.15, 0.2) is 0 Å². The normalized spacial score (nSPS) is 13.2. The molecule has 1 atom stereocenters. The van der Waals surface area contributed by atoms with E-state index in [4.69, 9.17) is 9.84 Å². The largest absolute Gasteiger partial charge is 0.387 e. The number of hydrogen-bond acceptors (Lipinski definition) is 4. The topological polar surface area (TPSA) is 60.2 Å². The van der Waals surface area contributed by atoms with Gasteiger partial charge in [-0.25, -0.2) is 4.68 Å². The van der Waals surface area contributed by atoms with Gasteiger partial charge in [0, 0.05) is 6.61 Å². The summed E-state index contributed by atoms with van der Waals surface area (Å²) in [5.41, 5.74) is 0.594. The fourth-order valence-corrected chi connectivity index (χ4v) is 0.917. The number of rotatable bonds is 5. The number of aliphatic hydroxyl groups excluding tert-OH is 1. The third kappa shape index (κ3) is 3.12. The minimum Gasteiger partial charge on any atom is -0.387 e. The zero-order valence-corrected chi connectivity index (χ0v) is 7.97. The molecule has 0 spiro atoms. The maximum atomic E-state index is 9.16. The predicted octanol–water partition coefficient (Wildman–Crippen LogP) is 0.368. The summed E-state index contributed by atoms with van der Waals surface area (Å²) in [5.74, 6) is 0. The predicted molar refractivity (Wildman–Crippen MR) is 47.1 cm³/mol. The number of aromatic nitrogens is 3. The van der Waals surface area contributed by atoms with Crippen molar-refractivity contribution in [3.05, 3.63) is 11.9 Å². The summed E-state index contributed by atoms with van der Waals surface area (Å²) in [4.78, 5) is 0. The van der Waals surface area contributed by atoms with Gasteiger partial charge in [-0.15, -0.1) is 5.10 Å². The van der Waals surface area contributed by atoms with Gasteiger partial charge in [0.2, 0.25) is 0 Å². The molecule has 74 valence electrons. The zero-order valence-electron chi connectivity index (χ0n) is 7.97. The van der Waals surface area contributed by atoms with Crippen molar-refractivity contribution in [2.45, 2.75) is 26.5 Å². The van der Waals surface area contributed by atoms with Crippen LogP contribution >= 0.6 is 0 Å². The van der Waals surface area contributed by atoms with Crippen molar-refractivity contribution in [2.24, 2.45) is 0 Å². The average Bonchev–Trinajstić information content (AvgIpc) is 2.53. The van der Waals surface area contributed by atoms with Crippen molar-refractivity contribution in [3.63, 3.8) is 0 Å². The van der Waals surface area contributed by atoms with E-state index in [0.717, 1.165) is 0 Å². The Morgan fingerprint density at radius 3 is 3.00 bits per heavy atom. The van der Waals surface area contributed by atoms with Gasteiger partial charge in [0.05, 0.1) is 25.5 Å². The standard InChI is InChI=1S/C8H15N3O2/c1-3-13-5-4-11-6-8(7(2)12)9-10-11/h6-7,12H,3-5H2,1-2H3. The van der Waals surface area contributed by atoms with E-state index in [1.54, 1.807) is 17.8 Å². The first-order chi connectivity index (χ1) is 6.24. The van der Waals surface area contributed by atoms with E-state index in [0.29, 0.717) is 25.5 Å². The SMILES string of the molecule is CCOCCn1cc(C(C)O)nn1. The van der Waals surface area contributed by atoms with Gasteiger partial charge >= 0.3 is 0 Å². The van der Waals surface area contributed by atoms with Gasteiger partial charge < -0.3 is 9.84 Å². The Kier molecular flexibility index (Phi) is 3.85. The van der Waals surface area contributed by atoms with Crippen LogP contribution in [0, 0.1) is 0 Å². The molecule has 0 aliphatic rings. The van der Waals surface area contributed by atoms with Gasteiger partial charge in [-0.2, -0.15) is 0 Å². The first-order valence-corrected chi connectivity index (χ1v) is 4.40. The van der Waals surface area contributed by atoms with Crippen molar-refractivity contribution in [1.29, 1.82) is 0 Å². The minimum atomic E-state index is -0.555. The highest BCUT2D eigenvalue weighted by Crippen LogP contribution is 2.05. The summed E-state index contributed by atoms with van der Waals surface area (Å²) in [6.07, 6.45) is 1.17. The van der Waals surface area contributed by atoms with Gasteiger partial charge in [0.1, 0.15) is 5.69 Å². The van der Waals surface area contributed by atoms with Crippen LogP contribution in [0.1, 0.15) is 25.6 Å². The van der Waals surface area contributed by atoms with Crippen LogP contribution in [-0.2, 0) is 11.3 Å². The molecule has 13 heavy (non-hydrogen) atoms. The quantitative estimate of drug-likeness (QED) is 0.673. The van der Waals surface area contributed by atoms with Gasteiger partial charge in [-0.05, 0) is 13.8 Å². The van der Waals surface area contributed by atoms with Crippen molar-refractivity contribution < 1.29 is 9.84 Å². The second-order valence-corrected chi connectivity index (χ2v) is 2.78. The maximum absolute atomic E-state index is 9.16. The number of ether oxygens (including phenoxy) is 1. The number of aliphatic hydroxyl groups is 1. The lowest BCUT2D eigenvalue weighted by Crippen LogP contribution is -2.06. The summed E-state index contributed by atoms with van der Waals surface area (Å²) in [6.45, 7) is 5.62. The van der Waals surface area contributed by atoms with Crippen molar-refractivity contribution in [2.75, 3.05) is 13.2 Å². The summed E-state index contributed by atoms with van der Waals surface area (Å²) < 4.78 is 6.82. The van der Waals surface area contributed by atoms with Crippen LogP contribution in [0.25, 0.3) is 0 Å². The van der Waals surface area contributed by atoms with Crippen molar-refractivity contribution in [1.82, 2.24) is 15.0 Å². The molecule has 0 aliphatic heterocycles. The molecule has 0 fully saturated rings. The zero-order chi connectivity index (χ0) is 9.68. The second kappa shape index (κ2) is 4.94. The highest BCUT2D eigenvalue weighted by Gasteiger charge is 2.05. The Labute approximate surface area is 77.3 Å². The molecular formula is C8H15N3O2. The lowest BCUT2D eigenvalue weighted by Gasteiger charge is -1.99. The maximum Gasteiger partial charge on any atom is 0.111 e. The van der Waals surface area contributed by atoms with Crippen LogP contribution in [0.5, 0.6) is 0 Å². The summed E-state index contributed by atoms with van der Waals surface area (Å²) in [6, 6.07) is 0. The highest BCUT2D eigenvalue weighted by molar-refractivity contribution is 4.95. The molecule has 0 aromatic carbocycles. The van der Waals surface area contributed by atoms with E-state index in [2.05, 4.69) is 10.3 Å². The Morgan fingerprint density at radius 2 is 2.46 bits per heavy atom. The summed E-state index contributed by atoms with van der Waals surface area (Å²) in [5, 5.41) is 16.8. The van der Waals surface area contributed by atoms with E-state index in [-0.39, 0.29) is 0 Å². The molecule has 1 aromatic rings. The van der Waals surface area contributed by atoms with Gasteiger partial charge in [-0.3, -0.25) is 0 Å². The molecule has 5 nitrogen and oxygen atoms in total. The first-order valence-electron chi connectivity index (χ1n) is 4.40. The fourth-order valence-electron chi connectivity index (χ4n) is 0.917. The van der Waals surface area contributed by atoms with E-state index < -0.39 is 6.10 Å². The Bertz CT molecular complexity index is 247. The molecule has 1 unspecified atom stereocenters. The third-order valence-electron chi connectivity index (χ3n) is 1.65. The summed E-state index contributed by atoms with van der Waals surface area (Å²) in [7, 11) is 0. The second-order valence-electron chi connectivity index (χ2n) is 2.78. The average molecular weight is 185 g/mol. The Balaban J connectivity index is 2.40. The lowest BCUT2D eigenvalue weighted by molar-refractivity contribution is 0.136. The van der Waals surface area contributed by atoms with Crippen LogP contribution in [-0.4, -0.2) is 33.3 Å². The van der Waals surface area contributed by atoms with Crippen LogP contribution in [0.3, 0.4) is 0 Å². The number of hydrogen-bond donors (Lipinski definition) is 1. The Morgan fingerprint density at radius 1 is 1.69 bits per heavy atom. The molecule has 1 heterocycles. The van der Waals surface area contributed by atoms with Crippen LogP contribution < -0.4 is 0 Å². The van der Waals surface area contributed by atoms with Crippen LogP contribution in [0.15, 0.2) is 6.20 Å². The van der Waals surface area contributed by atoms with Crippen molar-refractivity contribution in [3.8, 4) is 0 Å². The van der Waals surface area contributed by atoms with E-state index in [1.165, 1.54) is 0 Å². The third-order valence-corrected chi connectivity index (χ3v) is 1.65. The van der Waals surface area contributed by atoms with E-state index in [1.807, 2.05) is 6.92 Å². The summed E-state index contributed by atoms with van der Waals surface area (Å²) >= 11 is 0. The molecule has 0 bridgehead atoms. The lowest BCUT2D eigenvalue weighted by atomic mass is 10.3. The Hall–Kier alpha value is -0.940. The fraction of sp³-hybridized carbons (Fsp3) is 0.750. The van der Waals surface area contributed by atoms with Crippen LogP contribution in [0.4, 0.5) is 0 Å². The number of nitrogens with zero attached hydrogens (tertiary/aromatic N) is 3. The molecule has 0 saturated carbocycles. The molecule has 1 rings (SSSR count). The first kappa shape index (κ1) is 10.1.